The first-order chi connectivity index (χ1) is 6.00. The summed E-state index contributed by atoms with van der Waals surface area (Å²) in [7, 11) is 0. The van der Waals surface area contributed by atoms with Crippen molar-refractivity contribution in [3.8, 4) is 0 Å². The van der Waals surface area contributed by atoms with Crippen LogP contribution in [0.15, 0.2) is 0 Å². The standard InChI is InChI=1S/C7H14O6/c8-1-2-3(9)5(11)7(13)6(12)4(2)10/h2-13H,1H2/t2?,3-,4-,5-,6+,7?/m1/s1. The van der Waals surface area contributed by atoms with Crippen LogP contribution in [-0.2, 0) is 0 Å². The molecule has 0 aromatic carbocycles. The molecule has 0 aromatic heterocycles. The fourth-order valence-corrected chi connectivity index (χ4v) is 1.53. The lowest BCUT2D eigenvalue weighted by molar-refractivity contribution is -0.209. The SMILES string of the molecule is OCC1[C@@H](O)[C@H](O)C(O)[C@H](O)[C@@H]1O. The zero-order valence-electron chi connectivity index (χ0n) is 6.85. The van der Waals surface area contributed by atoms with Crippen molar-refractivity contribution in [2.75, 3.05) is 6.61 Å². The van der Waals surface area contributed by atoms with Crippen LogP contribution in [-0.4, -0.2) is 67.8 Å². The molecule has 13 heavy (non-hydrogen) atoms. The molecule has 6 atom stereocenters. The van der Waals surface area contributed by atoms with E-state index in [1.807, 2.05) is 0 Å². The minimum Gasteiger partial charge on any atom is -0.396 e. The van der Waals surface area contributed by atoms with Gasteiger partial charge in [-0.05, 0) is 0 Å². The van der Waals surface area contributed by atoms with Gasteiger partial charge in [-0.3, -0.25) is 0 Å². The second-order valence-electron chi connectivity index (χ2n) is 3.30. The van der Waals surface area contributed by atoms with E-state index in [0.717, 1.165) is 0 Å². The van der Waals surface area contributed by atoms with Crippen molar-refractivity contribution in [3.63, 3.8) is 0 Å². The monoisotopic (exact) mass is 194 g/mol. The molecule has 0 bridgehead atoms. The van der Waals surface area contributed by atoms with Crippen molar-refractivity contribution in [1.29, 1.82) is 0 Å². The second-order valence-corrected chi connectivity index (χ2v) is 3.30. The van der Waals surface area contributed by atoms with Crippen LogP contribution in [0.4, 0.5) is 0 Å². The predicted octanol–water partition coefficient (Wildman–Crippen LogP) is -3.59. The van der Waals surface area contributed by atoms with Crippen molar-refractivity contribution in [2.24, 2.45) is 5.92 Å². The molecule has 0 aliphatic heterocycles. The van der Waals surface area contributed by atoms with Crippen LogP contribution >= 0.6 is 0 Å². The van der Waals surface area contributed by atoms with Gasteiger partial charge in [-0.1, -0.05) is 0 Å². The zero-order chi connectivity index (χ0) is 10.2. The van der Waals surface area contributed by atoms with Gasteiger partial charge in [0.05, 0.1) is 18.8 Å². The first kappa shape index (κ1) is 10.8. The van der Waals surface area contributed by atoms with Gasteiger partial charge in [-0.15, -0.1) is 0 Å². The van der Waals surface area contributed by atoms with Crippen LogP contribution in [0.1, 0.15) is 0 Å². The smallest absolute Gasteiger partial charge is 0.111 e. The maximum Gasteiger partial charge on any atom is 0.111 e. The van der Waals surface area contributed by atoms with Gasteiger partial charge in [0, 0.05) is 5.92 Å². The molecular weight excluding hydrogens is 180 g/mol. The molecule has 0 aromatic rings. The summed E-state index contributed by atoms with van der Waals surface area (Å²) in [6, 6.07) is 0. The van der Waals surface area contributed by atoms with Crippen molar-refractivity contribution in [2.45, 2.75) is 30.5 Å². The topological polar surface area (TPSA) is 121 Å². The quantitative estimate of drug-likeness (QED) is 0.256. The number of hydrogen-bond acceptors (Lipinski definition) is 6. The van der Waals surface area contributed by atoms with Crippen molar-refractivity contribution >= 4 is 0 Å². The predicted molar refractivity (Wildman–Crippen MR) is 40.6 cm³/mol. The maximum atomic E-state index is 9.25. The molecule has 1 fully saturated rings. The Morgan fingerprint density at radius 2 is 0.923 bits per heavy atom. The van der Waals surface area contributed by atoms with Crippen molar-refractivity contribution < 1.29 is 30.6 Å². The van der Waals surface area contributed by atoms with Gasteiger partial charge < -0.3 is 30.6 Å². The third-order valence-corrected chi connectivity index (χ3v) is 2.49. The zero-order valence-corrected chi connectivity index (χ0v) is 6.85. The summed E-state index contributed by atoms with van der Waals surface area (Å²) in [5.74, 6) is -1.03. The summed E-state index contributed by atoms with van der Waals surface area (Å²) in [5, 5.41) is 54.6. The molecule has 0 spiro atoms. The highest BCUT2D eigenvalue weighted by Gasteiger charge is 2.47. The second kappa shape index (κ2) is 3.87. The fourth-order valence-electron chi connectivity index (χ4n) is 1.53. The Bertz CT molecular complexity index is 158. The molecule has 0 amide bonds. The van der Waals surface area contributed by atoms with Crippen LogP contribution in [0.25, 0.3) is 0 Å². The van der Waals surface area contributed by atoms with Gasteiger partial charge >= 0.3 is 0 Å². The van der Waals surface area contributed by atoms with E-state index in [1.165, 1.54) is 0 Å². The van der Waals surface area contributed by atoms with E-state index in [1.54, 1.807) is 0 Å². The molecule has 0 radical (unpaired) electrons. The molecule has 2 unspecified atom stereocenters. The lowest BCUT2D eigenvalue weighted by atomic mass is 9.79. The molecule has 1 saturated carbocycles. The molecule has 6 nitrogen and oxygen atoms in total. The Morgan fingerprint density at radius 3 is 1.23 bits per heavy atom. The molecular formula is C7H14O6. The first-order valence-corrected chi connectivity index (χ1v) is 4.02. The minimum absolute atomic E-state index is 0.566. The van der Waals surface area contributed by atoms with E-state index in [4.69, 9.17) is 20.4 Å². The van der Waals surface area contributed by atoms with Gasteiger partial charge in [0.1, 0.15) is 18.3 Å². The van der Waals surface area contributed by atoms with Crippen LogP contribution in [0, 0.1) is 5.92 Å². The number of hydrogen-bond donors (Lipinski definition) is 6. The summed E-state index contributed by atoms with van der Waals surface area (Å²) in [5.41, 5.74) is 0. The lowest BCUT2D eigenvalue weighted by Crippen LogP contribution is -2.61. The molecule has 0 heterocycles. The lowest BCUT2D eigenvalue weighted by Gasteiger charge is -2.41. The highest BCUT2D eigenvalue weighted by molar-refractivity contribution is 4.97. The Morgan fingerprint density at radius 1 is 0.615 bits per heavy atom. The molecule has 1 aliphatic rings. The highest BCUT2D eigenvalue weighted by Crippen LogP contribution is 2.25. The van der Waals surface area contributed by atoms with Crippen LogP contribution < -0.4 is 0 Å². The summed E-state index contributed by atoms with van der Waals surface area (Å²) in [6.07, 6.45) is -7.55. The Balaban J connectivity index is 2.79. The van der Waals surface area contributed by atoms with E-state index in [9.17, 15) is 10.2 Å². The Kier molecular flexibility index (Phi) is 3.23. The van der Waals surface area contributed by atoms with Crippen molar-refractivity contribution in [1.82, 2.24) is 0 Å². The van der Waals surface area contributed by atoms with Gasteiger partial charge in [-0.25, -0.2) is 0 Å². The van der Waals surface area contributed by atoms with Gasteiger partial charge in [-0.2, -0.15) is 0 Å². The van der Waals surface area contributed by atoms with Gasteiger partial charge in [0.15, 0.2) is 0 Å². The maximum absolute atomic E-state index is 9.25. The third-order valence-electron chi connectivity index (χ3n) is 2.49. The fraction of sp³-hybridized carbons (Fsp3) is 1.00. The molecule has 6 heteroatoms. The molecule has 0 saturated heterocycles. The summed E-state index contributed by atoms with van der Waals surface area (Å²) in [4.78, 5) is 0. The summed E-state index contributed by atoms with van der Waals surface area (Å²) in [6.45, 7) is -0.566. The summed E-state index contributed by atoms with van der Waals surface area (Å²) < 4.78 is 0. The van der Waals surface area contributed by atoms with E-state index in [-0.39, 0.29) is 0 Å². The molecule has 1 aliphatic carbocycles. The summed E-state index contributed by atoms with van der Waals surface area (Å²) >= 11 is 0. The minimum atomic E-state index is -1.59. The Hall–Kier alpha value is -0.240. The van der Waals surface area contributed by atoms with Crippen LogP contribution in [0.5, 0.6) is 0 Å². The molecule has 6 N–H and O–H groups in total. The normalized spacial score (nSPS) is 52.2. The Labute approximate surface area is 74.7 Å². The van der Waals surface area contributed by atoms with E-state index in [2.05, 4.69) is 0 Å². The third kappa shape index (κ3) is 1.69. The average Bonchev–Trinajstić information content (AvgIpc) is 2.13. The molecule has 1 rings (SSSR count). The molecule has 78 valence electrons. The van der Waals surface area contributed by atoms with Crippen LogP contribution in [0.2, 0.25) is 0 Å². The first-order valence-electron chi connectivity index (χ1n) is 4.02. The highest BCUT2D eigenvalue weighted by atomic mass is 16.4. The van der Waals surface area contributed by atoms with Gasteiger partial charge in [0.2, 0.25) is 0 Å². The van der Waals surface area contributed by atoms with E-state index >= 15 is 0 Å². The van der Waals surface area contributed by atoms with Crippen LogP contribution in [0.3, 0.4) is 0 Å². The number of aliphatic hydroxyl groups excluding tert-OH is 6. The largest absolute Gasteiger partial charge is 0.396 e. The average molecular weight is 194 g/mol. The van der Waals surface area contributed by atoms with Crippen molar-refractivity contribution in [3.05, 3.63) is 0 Å². The number of aliphatic hydroxyl groups is 6. The number of rotatable bonds is 1. The van der Waals surface area contributed by atoms with E-state index < -0.39 is 43.0 Å². The van der Waals surface area contributed by atoms with Gasteiger partial charge in [0.25, 0.3) is 0 Å². The van der Waals surface area contributed by atoms with E-state index in [0.29, 0.717) is 0 Å².